The highest BCUT2D eigenvalue weighted by Gasteiger charge is 2.34. The van der Waals surface area contributed by atoms with Gasteiger partial charge in [0, 0.05) is 23.7 Å². The molecule has 0 aliphatic carbocycles. The number of pyridine rings is 1. The fourth-order valence-electron chi connectivity index (χ4n) is 2.37. The molecular formula is C15H21BrFNO5Si. The van der Waals surface area contributed by atoms with Gasteiger partial charge in [-0.25, -0.2) is 4.39 Å². The molecule has 0 aliphatic heterocycles. The lowest BCUT2D eigenvalue weighted by Crippen LogP contribution is -2.42. The van der Waals surface area contributed by atoms with E-state index in [1.165, 1.54) is 6.20 Å². The van der Waals surface area contributed by atoms with Crippen LogP contribution in [-0.4, -0.2) is 41.8 Å². The molecule has 0 saturated carbocycles. The lowest BCUT2D eigenvalue weighted by Gasteiger charge is -2.24. The van der Waals surface area contributed by atoms with Crippen LogP contribution in [-0.2, 0) is 14.3 Å². The van der Waals surface area contributed by atoms with E-state index in [1.54, 1.807) is 6.92 Å². The van der Waals surface area contributed by atoms with Gasteiger partial charge in [-0.15, -0.1) is 0 Å². The van der Waals surface area contributed by atoms with Crippen molar-refractivity contribution in [1.29, 1.82) is 0 Å². The Morgan fingerprint density at radius 2 is 1.88 bits per heavy atom. The number of aromatic nitrogens is 1. The van der Waals surface area contributed by atoms with Gasteiger partial charge in [-0.1, -0.05) is 19.6 Å². The lowest BCUT2D eigenvalue weighted by atomic mass is 9.99. The van der Waals surface area contributed by atoms with Crippen LogP contribution in [0.5, 0.6) is 0 Å². The summed E-state index contributed by atoms with van der Waals surface area (Å²) >= 11 is 3.31. The average molecular weight is 422 g/mol. The fraction of sp³-hybridized carbons (Fsp3) is 0.533. The zero-order valence-electron chi connectivity index (χ0n) is 14.0. The van der Waals surface area contributed by atoms with Crippen LogP contribution in [0, 0.1) is 11.7 Å². The van der Waals surface area contributed by atoms with Crippen LogP contribution in [0.15, 0.2) is 10.7 Å². The zero-order valence-corrected chi connectivity index (χ0v) is 16.6. The third kappa shape index (κ3) is 4.84. The molecular weight excluding hydrogens is 401 g/mol. The van der Waals surface area contributed by atoms with E-state index < -0.39 is 44.3 Å². The first-order chi connectivity index (χ1) is 11.0. The summed E-state index contributed by atoms with van der Waals surface area (Å²) in [7, 11) is -2.06. The number of hydrogen-bond donors (Lipinski definition) is 2. The molecule has 0 fully saturated rings. The number of carboxylic acid groups (broad SMARTS) is 2. The SMILES string of the molecule is CCO[C@@H](CC(C(=O)O)C(=O)O)c1ncc(Br)c([Si](C)(C)C)c1F. The molecule has 134 valence electrons. The van der Waals surface area contributed by atoms with E-state index in [9.17, 15) is 9.59 Å². The molecule has 2 N–H and O–H groups in total. The Morgan fingerprint density at radius 1 is 1.33 bits per heavy atom. The van der Waals surface area contributed by atoms with Crippen molar-refractivity contribution in [1.82, 2.24) is 4.98 Å². The number of ether oxygens (including phenoxy) is 1. The molecule has 0 spiro atoms. The van der Waals surface area contributed by atoms with Crippen LogP contribution in [0.4, 0.5) is 4.39 Å². The summed E-state index contributed by atoms with van der Waals surface area (Å²) in [4.78, 5) is 26.3. The van der Waals surface area contributed by atoms with Gasteiger partial charge in [-0.3, -0.25) is 14.6 Å². The second-order valence-corrected chi connectivity index (χ2v) is 12.2. The average Bonchev–Trinajstić information content (AvgIpc) is 2.41. The smallest absolute Gasteiger partial charge is 0.317 e. The van der Waals surface area contributed by atoms with Crippen molar-refractivity contribution >= 4 is 41.1 Å². The maximum atomic E-state index is 15.0. The van der Waals surface area contributed by atoms with E-state index in [2.05, 4.69) is 20.9 Å². The Bertz CT molecular complexity index is 621. The second kappa shape index (κ2) is 8.17. The Hall–Kier alpha value is -1.32. The molecule has 1 rings (SSSR count). The van der Waals surface area contributed by atoms with Gasteiger partial charge in [0.05, 0.1) is 8.07 Å². The van der Waals surface area contributed by atoms with Gasteiger partial charge in [0.2, 0.25) is 0 Å². The quantitative estimate of drug-likeness (QED) is 0.494. The molecule has 1 heterocycles. The number of hydrogen-bond acceptors (Lipinski definition) is 4. The molecule has 1 atom stereocenters. The molecule has 9 heteroatoms. The van der Waals surface area contributed by atoms with Crippen LogP contribution < -0.4 is 5.19 Å². The first-order valence-corrected chi connectivity index (χ1v) is 11.7. The standard InChI is InChI=1S/C15H21BrFNO5Si/c1-5-23-10(6-8(14(19)20)15(21)22)12-11(17)13(24(2,3)4)9(16)7-18-12/h7-8,10H,5-6H2,1-4H3,(H,19,20)(H,21,22)/t10-/m0/s1. The summed E-state index contributed by atoms with van der Waals surface area (Å²) in [6.07, 6.45) is 0.0134. The zero-order chi connectivity index (χ0) is 18.7. The molecule has 0 bridgehead atoms. The minimum Gasteiger partial charge on any atom is -0.481 e. The minimum atomic E-state index is -2.06. The van der Waals surface area contributed by atoms with E-state index in [4.69, 9.17) is 14.9 Å². The van der Waals surface area contributed by atoms with Gasteiger partial charge in [-0.2, -0.15) is 0 Å². The molecule has 0 aromatic carbocycles. The van der Waals surface area contributed by atoms with Crippen LogP contribution in [0.25, 0.3) is 0 Å². The topological polar surface area (TPSA) is 96.7 Å². The maximum Gasteiger partial charge on any atom is 0.317 e. The first-order valence-electron chi connectivity index (χ1n) is 7.42. The van der Waals surface area contributed by atoms with Crippen molar-refractivity contribution in [2.45, 2.75) is 39.1 Å². The molecule has 1 aromatic heterocycles. The molecule has 0 radical (unpaired) electrons. The summed E-state index contributed by atoms with van der Waals surface area (Å²) in [6.45, 7) is 7.74. The second-order valence-electron chi connectivity index (χ2n) is 6.34. The predicted octanol–water partition coefficient (Wildman–Crippen LogP) is 2.78. The Balaban J connectivity index is 3.36. The largest absolute Gasteiger partial charge is 0.481 e. The van der Waals surface area contributed by atoms with Crippen LogP contribution in [0.1, 0.15) is 25.1 Å². The summed E-state index contributed by atoms with van der Waals surface area (Å²) in [5, 5.41) is 18.6. The van der Waals surface area contributed by atoms with Gasteiger partial charge in [0.1, 0.15) is 17.6 Å². The van der Waals surface area contributed by atoms with Crippen LogP contribution >= 0.6 is 15.9 Å². The van der Waals surface area contributed by atoms with E-state index in [1.807, 2.05) is 19.6 Å². The maximum absolute atomic E-state index is 15.0. The molecule has 0 unspecified atom stereocenters. The molecule has 1 aromatic rings. The predicted molar refractivity (Wildman–Crippen MR) is 92.6 cm³/mol. The highest BCUT2D eigenvalue weighted by atomic mass is 79.9. The van der Waals surface area contributed by atoms with Gasteiger partial charge < -0.3 is 14.9 Å². The number of nitrogens with zero attached hydrogens (tertiary/aromatic N) is 1. The number of carboxylic acids is 2. The molecule has 0 saturated heterocycles. The van der Waals surface area contributed by atoms with Crippen LogP contribution in [0.2, 0.25) is 19.6 Å². The molecule has 6 nitrogen and oxygen atoms in total. The number of carbonyl (C=O) groups is 2. The minimum absolute atomic E-state index is 0.0509. The van der Waals surface area contributed by atoms with Crippen molar-refractivity contribution in [2.75, 3.05) is 6.61 Å². The van der Waals surface area contributed by atoms with Gasteiger partial charge in [-0.05, 0) is 28.0 Å². The number of halogens is 2. The summed E-state index contributed by atoms with van der Waals surface area (Å²) in [5.41, 5.74) is -0.0509. The van der Waals surface area contributed by atoms with Gasteiger partial charge in [0.25, 0.3) is 0 Å². The Morgan fingerprint density at radius 3 is 2.29 bits per heavy atom. The van der Waals surface area contributed by atoms with Crippen molar-refractivity contribution < 1.29 is 28.9 Å². The third-order valence-corrected chi connectivity index (χ3v) is 6.43. The van der Waals surface area contributed by atoms with Crippen molar-refractivity contribution in [2.24, 2.45) is 5.92 Å². The monoisotopic (exact) mass is 421 g/mol. The first kappa shape index (κ1) is 20.7. The summed E-state index contributed by atoms with van der Waals surface area (Å²) in [6, 6.07) is 0. The lowest BCUT2D eigenvalue weighted by molar-refractivity contribution is -0.156. The van der Waals surface area contributed by atoms with Crippen molar-refractivity contribution in [3.63, 3.8) is 0 Å². The van der Waals surface area contributed by atoms with Crippen LogP contribution in [0.3, 0.4) is 0 Å². The normalized spacial score (nSPS) is 13.1. The molecule has 0 amide bonds. The Kier molecular flexibility index (Phi) is 7.06. The molecule has 24 heavy (non-hydrogen) atoms. The highest BCUT2D eigenvalue weighted by molar-refractivity contribution is 9.10. The highest BCUT2D eigenvalue weighted by Crippen LogP contribution is 2.28. The van der Waals surface area contributed by atoms with E-state index in [-0.39, 0.29) is 12.3 Å². The number of rotatable bonds is 8. The van der Waals surface area contributed by atoms with E-state index >= 15 is 4.39 Å². The van der Waals surface area contributed by atoms with E-state index in [0.29, 0.717) is 9.66 Å². The summed E-state index contributed by atoms with van der Waals surface area (Å²) < 4.78 is 21.0. The summed E-state index contributed by atoms with van der Waals surface area (Å²) in [5.74, 6) is -5.23. The van der Waals surface area contributed by atoms with Crippen molar-refractivity contribution in [3.05, 3.63) is 22.2 Å². The van der Waals surface area contributed by atoms with Gasteiger partial charge >= 0.3 is 11.9 Å². The third-order valence-electron chi connectivity index (χ3n) is 3.47. The Labute approximate surface area is 149 Å². The van der Waals surface area contributed by atoms with Crippen molar-refractivity contribution in [3.8, 4) is 0 Å². The van der Waals surface area contributed by atoms with E-state index in [0.717, 1.165) is 0 Å². The van der Waals surface area contributed by atoms with Gasteiger partial charge in [0.15, 0.2) is 5.92 Å². The molecule has 0 aliphatic rings. The number of aliphatic carboxylic acids is 2. The fourth-order valence-corrected chi connectivity index (χ4v) is 6.00.